The maximum atomic E-state index is 13.4. The molecule has 0 spiro atoms. The van der Waals surface area contributed by atoms with Gasteiger partial charge in [0.25, 0.3) is 0 Å². The van der Waals surface area contributed by atoms with Crippen LogP contribution in [0.4, 0.5) is 10.6 Å². The summed E-state index contributed by atoms with van der Waals surface area (Å²) in [5.41, 5.74) is 3.91. The highest BCUT2D eigenvalue weighted by atomic mass is 35.5. The molecule has 53 heavy (non-hydrogen) atoms. The maximum Gasteiger partial charge on any atom is 0.320 e. The van der Waals surface area contributed by atoms with Crippen molar-refractivity contribution in [3.05, 3.63) is 113 Å². The Balaban J connectivity index is 1.00. The number of anilines is 1. The molecule has 1 aliphatic heterocycles. The van der Waals surface area contributed by atoms with Crippen molar-refractivity contribution in [3.63, 3.8) is 0 Å². The number of pyridine rings is 1. The minimum absolute atomic E-state index is 0.139. The number of nitrogens with one attached hydrogen (secondary N) is 2. The smallest absolute Gasteiger partial charge is 0.320 e. The fourth-order valence-electron chi connectivity index (χ4n) is 5.87. The van der Waals surface area contributed by atoms with Crippen LogP contribution in [0.5, 0.6) is 5.75 Å². The van der Waals surface area contributed by atoms with Gasteiger partial charge in [0.05, 0.1) is 23.0 Å². The SMILES string of the molecule is CC(C)(C)c1cc(NC(=O)NCc2ccccc2Sc2ccc3nnc(-c4ccccc4Cl)n3c2)n(-c2ccc(OCCOC3CCCCO3)cc2)n1. The van der Waals surface area contributed by atoms with Crippen LogP contribution in [0, 0.1) is 0 Å². The van der Waals surface area contributed by atoms with Gasteiger partial charge in [0.15, 0.2) is 17.8 Å². The number of carbonyl (C=O) groups is 1. The first kappa shape index (κ1) is 36.5. The van der Waals surface area contributed by atoms with Gasteiger partial charge in [-0.1, -0.05) is 74.5 Å². The molecule has 2 N–H and O–H groups in total. The first-order valence-electron chi connectivity index (χ1n) is 17.7. The molecule has 11 nitrogen and oxygen atoms in total. The summed E-state index contributed by atoms with van der Waals surface area (Å²) in [5, 5.41) is 20.3. The third kappa shape index (κ3) is 9.02. The number of hydrogen-bond donors (Lipinski definition) is 2. The molecule has 3 aromatic carbocycles. The Morgan fingerprint density at radius 1 is 0.981 bits per heavy atom. The van der Waals surface area contributed by atoms with Gasteiger partial charge in [-0.15, -0.1) is 10.2 Å². The second-order valence-corrected chi connectivity index (χ2v) is 15.2. The Morgan fingerprint density at radius 2 is 1.79 bits per heavy atom. The Bertz CT molecular complexity index is 2170. The average Bonchev–Trinajstić information content (AvgIpc) is 3.79. The molecule has 3 aromatic heterocycles. The summed E-state index contributed by atoms with van der Waals surface area (Å²) in [6.45, 7) is 8.22. The molecule has 13 heteroatoms. The van der Waals surface area contributed by atoms with Gasteiger partial charge in [0.2, 0.25) is 0 Å². The predicted molar refractivity (Wildman–Crippen MR) is 207 cm³/mol. The van der Waals surface area contributed by atoms with Gasteiger partial charge in [0, 0.05) is 46.2 Å². The molecule has 1 atom stereocenters. The molecule has 0 radical (unpaired) electrons. The van der Waals surface area contributed by atoms with Gasteiger partial charge in [-0.2, -0.15) is 5.10 Å². The number of hydrogen-bond acceptors (Lipinski definition) is 8. The Hall–Kier alpha value is -4.88. The lowest BCUT2D eigenvalue weighted by atomic mass is 9.92. The van der Waals surface area contributed by atoms with Crippen LogP contribution in [0.3, 0.4) is 0 Å². The largest absolute Gasteiger partial charge is 0.491 e. The van der Waals surface area contributed by atoms with E-state index < -0.39 is 0 Å². The van der Waals surface area contributed by atoms with E-state index in [9.17, 15) is 4.79 Å². The van der Waals surface area contributed by atoms with Gasteiger partial charge < -0.3 is 19.5 Å². The van der Waals surface area contributed by atoms with E-state index in [1.165, 1.54) is 0 Å². The standard InChI is InChI=1S/C40H42ClN7O4S/c1-40(2,3)34-24-36(48(46-34)28-15-17-29(18-16-28)50-22-23-52-37-14-8-9-21-51-37)43-39(49)42-25-27-10-4-7-13-33(27)53-30-19-20-35-44-45-38(47(35)26-30)31-11-5-6-12-32(31)41/h4-7,10-13,15-20,24,26,37H,8-9,14,21-23,25H2,1-3H3,(H2,42,43,49). The summed E-state index contributed by atoms with van der Waals surface area (Å²) in [4.78, 5) is 15.4. The third-order valence-corrected chi connectivity index (χ3v) is 10.1. The fourth-order valence-corrected chi connectivity index (χ4v) is 7.06. The molecule has 1 saturated heterocycles. The lowest BCUT2D eigenvalue weighted by Crippen LogP contribution is -2.29. The summed E-state index contributed by atoms with van der Waals surface area (Å²) < 4.78 is 21.0. The molecule has 0 saturated carbocycles. The molecule has 0 bridgehead atoms. The van der Waals surface area contributed by atoms with Crippen molar-refractivity contribution in [1.82, 2.24) is 29.7 Å². The van der Waals surface area contributed by atoms with Crippen LogP contribution in [0.15, 0.2) is 107 Å². The van der Waals surface area contributed by atoms with E-state index >= 15 is 0 Å². The molecule has 0 aliphatic carbocycles. The van der Waals surface area contributed by atoms with E-state index in [-0.39, 0.29) is 17.7 Å². The highest BCUT2D eigenvalue weighted by Gasteiger charge is 2.22. The van der Waals surface area contributed by atoms with Gasteiger partial charge in [-0.05, 0) is 79.4 Å². The number of amides is 2. The van der Waals surface area contributed by atoms with Crippen molar-refractivity contribution in [1.29, 1.82) is 0 Å². The van der Waals surface area contributed by atoms with Crippen LogP contribution in [-0.4, -0.2) is 56.5 Å². The number of nitrogens with zero attached hydrogens (tertiary/aromatic N) is 5. The lowest BCUT2D eigenvalue weighted by molar-refractivity contribution is -0.165. The Kier molecular flexibility index (Phi) is 11.3. The normalized spacial score (nSPS) is 14.7. The summed E-state index contributed by atoms with van der Waals surface area (Å²) in [7, 11) is 0. The maximum absolute atomic E-state index is 13.4. The fraction of sp³-hybridized carbons (Fsp3) is 0.300. The molecule has 2 amide bonds. The second-order valence-electron chi connectivity index (χ2n) is 13.7. The lowest BCUT2D eigenvalue weighted by Gasteiger charge is -2.22. The van der Waals surface area contributed by atoms with E-state index in [0.29, 0.717) is 36.4 Å². The quantitative estimate of drug-likeness (QED) is 0.119. The highest BCUT2D eigenvalue weighted by Crippen LogP contribution is 2.33. The highest BCUT2D eigenvalue weighted by molar-refractivity contribution is 7.99. The molecular weight excluding hydrogens is 710 g/mol. The van der Waals surface area contributed by atoms with Gasteiger partial charge in [-0.3, -0.25) is 9.72 Å². The van der Waals surface area contributed by atoms with Crippen molar-refractivity contribution < 1.29 is 19.0 Å². The third-order valence-electron chi connectivity index (χ3n) is 8.72. The van der Waals surface area contributed by atoms with E-state index in [1.807, 2.05) is 102 Å². The molecule has 1 aliphatic rings. The molecule has 4 heterocycles. The number of aromatic nitrogens is 5. The molecule has 1 fully saturated rings. The van der Waals surface area contributed by atoms with E-state index in [4.69, 9.17) is 30.9 Å². The number of carbonyl (C=O) groups excluding carboxylic acids is 1. The number of urea groups is 1. The minimum atomic E-state index is -0.344. The summed E-state index contributed by atoms with van der Waals surface area (Å²) in [6.07, 6.45) is 5.00. The van der Waals surface area contributed by atoms with E-state index in [2.05, 4.69) is 41.6 Å². The average molecular weight is 752 g/mol. The Labute approximate surface area is 318 Å². The number of halogens is 1. The van der Waals surface area contributed by atoms with Gasteiger partial charge >= 0.3 is 6.03 Å². The summed E-state index contributed by atoms with van der Waals surface area (Å²) in [5.74, 6) is 1.95. The topological polar surface area (TPSA) is 117 Å². The molecule has 6 aromatic rings. The van der Waals surface area contributed by atoms with Crippen molar-refractivity contribution >= 4 is 40.9 Å². The first-order chi connectivity index (χ1) is 25.7. The van der Waals surface area contributed by atoms with Crippen LogP contribution in [0.1, 0.15) is 51.3 Å². The molecule has 274 valence electrons. The molecular formula is C40H42ClN7O4S. The van der Waals surface area contributed by atoms with Crippen LogP contribution in [0.2, 0.25) is 5.02 Å². The number of rotatable bonds is 12. The zero-order chi connectivity index (χ0) is 36.8. The van der Waals surface area contributed by atoms with E-state index in [0.717, 1.165) is 69.6 Å². The van der Waals surface area contributed by atoms with Crippen molar-refractivity contribution in [2.24, 2.45) is 0 Å². The second kappa shape index (κ2) is 16.4. The van der Waals surface area contributed by atoms with Crippen molar-refractivity contribution in [2.75, 3.05) is 25.1 Å². The first-order valence-corrected chi connectivity index (χ1v) is 18.9. The summed E-state index contributed by atoms with van der Waals surface area (Å²) in [6, 6.07) is 28.7. The van der Waals surface area contributed by atoms with Gasteiger partial charge in [0.1, 0.15) is 18.2 Å². The number of ether oxygens (including phenoxy) is 3. The van der Waals surface area contributed by atoms with E-state index in [1.54, 1.807) is 16.4 Å². The zero-order valence-electron chi connectivity index (χ0n) is 29.9. The zero-order valence-corrected chi connectivity index (χ0v) is 31.5. The number of fused-ring (bicyclic) bond motifs is 1. The molecule has 7 rings (SSSR count). The van der Waals surface area contributed by atoms with Crippen LogP contribution in [-0.2, 0) is 21.4 Å². The van der Waals surface area contributed by atoms with Gasteiger partial charge in [-0.25, -0.2) is 9.48 Å². The number of benzene rings is 3. The van der Waals surface area contributed by atoms with Crippen LogP contribution in [0.25, 0.3) is 22.7 Å². The monoisotopic (exact) mass is 751 g/mol. The minimum Gasteiger partial charge on any atom is -0.491 e. The predicted octanol–water partition coefficient (Wildman–Crippen LogP) is 8.93. The van der Waals surface area contributed by atoms with Crippen LogP contribution < -0.4 is 15.4 Å². The van der Waals surface area contributed by atoms with Crippen LogP contribution >= 0.6 is 23.4 Å². The molecule has 1 unspecified atom stereocenters. The summed E-state index contributed by atoms with van der Waals surface area (Å²) >= 11 is 8.08. The van der Waals surface area contributed by atoms with Crippen molar-refractivity contribution in [3.8, 4) is 22.8 Å². The van der Waals surface area contributed by atoms with Crippen molar-refractivity contribution in [2.45, 2.75) is 68.1 Å². The Morgan fingerprint density at radius 3 is 2.58 bits per heavy atom.